The van der Waals surface area contributed by atoms with Gasteiger partial charge in [-0.2, -0.15) is 11.8 Å². The van der Waals surface area contributed by atoms with E-state index in [4.69, 9.17) is 10.5 Å². The molecule has 0 aromatic carbocycles. The van der Waals surface area contributed by atoms with Crippen molar-refractivity contribution in [3.05, 3.63) is 0 Å². The van der Waals surface area contributed by atoms with Gasteiger partial charge in [0.15, 0.2) is 0 Å². The molecule has 1 heterocycles. The molecule has 0 spiro atoms. The average Bonchev–Trinajstić information content (AvgIpc) is 2.83. The molecule has 0 radical (unpaired) electrons. The van der Waals surface area contributed by atoms with Crippen molar-refractivity contribution in [3.8, 4) is 0 Å². The third-order valence-corrected chi connectivity index (χ3v) is 4.23. The Balaban J connectivity index is 2.57. The summed E-state index contributed by atoms with van der Waals surface area (Å²) in [6.45, 7) is 3.31. The minimum absolute atomic E-state index is 0.0939. The molecule has 0 saturated carbocycles. The van der Waals surface area contributed by atoms with Crippen LogP contribution >= 0.6 is 11.8 Å². The van der Waals surface area contributed by atoms with Crippen LogP contribution in [0.5, 0.6) is 0 Å². The van der Waals surface area contributed by atoms with Gasteiger partial charge in [0.2, 0.25) is 5.91 Å². The molecule has 5 heteroatoms. The fourth-order valence-corrected chi connectivity index (χ4v) is 3.30. The van der Waals surface area contributed by atoms with Crippen LogP contribution in [0.4, 0.5) is 0 Å². The highest BCUT2D eigenvalue weighted by atomic mass is 32.2. The molecule has 4 nitrogen and oxygen atoms in total. The van der Waals surface area contributed by atoms with Crippen LogP contribution in [-0.2, 0) is 9.53 Å². The Labute approximate surface area is 108 Å². The van der Waals surface area contributed by atoms with Gasteiger partial charge < -0.3 is 15.4 Å². The molecule has 0 aromatic heterocycles. The number of amides is 1. The van der Waals surface area contributed by atoms with Crippen LogP contribution in [0.3, 0.4) is 0 Å². The van der Waals surface area contributed by atoms with Crippen molar-refractivity contribution in [2.75, 3.05) is 31.8 Å². The second kappa shape index (κ2) is 7.95. The fourth-order valence-electron chi connectivity index (χ4n) is 2.08. The van der Waals surface area contributed by atoms with E-state index in [9.17, 15) is 4.79 Å². The Kier molecular flexibility index (Phi) is 6.92. The van der Waals surface area contributed by atoms with Gasteiger partial charge in [-0.1, -0.05) is 13.3 Å². The van der Waals surface area contributed by atoms with Gasteiger partial charge in [-0.3, -0.25) is 4.79 Å². The predicted octanol–water partition coefficient (Wildman–Crippen LogP) is 1.09. The Hall–Kier alpha value is -0.260. The van der Waals surface area contributed by atoms with E-state index in [2.05, 4.69) is 6.92 Å². The van der Waals surface area contributed by atoms with Crippen LogP contribution in [0, 0.1) is 0 Å². The van der Waals surface area contributed by atoms with Crippen molar-refractivity contribution in [2.45, 2.75) is 38.3 Å². The molecule has 1 rings (SSSR count). The van der Waals surface area contributed by atoms with Crippen molar-refractivity contribution >= 4 is 17.7 Å². The highest BCUT2D eigenvalue weighted by Crippen LogP contribution is 2.23. The fraction of sp³-hybridized carbons (Fsp3) is 0.917. The van der Waals surface area contributed by atoms with Crippen LogP contribution in [0.1, 0.15) is 26.2 Å². The number of hydrogen-bond donors (Lipinski definition) is 1. The normalized spacial score (nSPS) is 21.5. The number of nitrogens with zero attached hydrogens (tertiary/aromatic N) is 1. The summed E-state index contributed by atoms with van der Waals surface area (Å²) in [4.78, 5) is 14.2. The number of rotatable bonds is 7. The van der Waals surface area contributed by atoms with Gasteiger partial charge in [0.1, 0.15) is 0 Å². The van der Waals surface area contributed by atoms with Crippen LogP contribution in [0.25, 0.3) is 0 Å². The number of carbonyl (C=O) groups excluding carboxylic acids is 1. The molecule has 0 bridgehead atoms. The SMILES string of the molecule is CCC[C@H](N)C(=O)N(CCOC)C1CCSC1. The lowest BCUT2D eigenvalue weighted by atomic mass is 10.1. The number of carbonyl (C=O) groups is 1. The van der Waals surface area contributed by atoms with Crippen molar-refractivity contribution < 1.29 is 9.53 Å². The zero-order chi connectivity index (χ0) is 12.7. The molecule has 0 aliphatic carbocycles. The molecular formula is C12H24N2O2S. The maximum Gasteiger partial charge on any atom is 0.239 e. The van der Waals surface area contributed by atoms with Crippen LogP contribution in [0.2, 0.25) is 0 Å². The van der Waals surface area contributed by atoms with Crippen LogP contribution in [0.15, 0.2) is 0 Å². The van der Waals surface area contributed by atoms with Gasteiger partial charge in [0, 0.05) is 25.4 Å². The van der Waals surface area contributed by atoms with E-state index in [1.807, 2.05) is 16.7 Å². The van der Waals surface area contributed by atoms with E-state index in [-0.39, 0.29) is 11.9 Å². The molecule has 1 saturated heterocycles. The topological polar surface area (TPSA) is 55.6 Å². The highest BCUT2D eigenvalue weighted by molar-refractivity contribution is 7.99. The zero-order valence-corrected chi connectivity index (χ0v) is 11.7. The molecule has 0 aromatic rings. The zero-order valence-electron chi connectivity index (χ0n) is 10.9. The first-order valence-corrected chi connectivity index (χ1v) is 7.48. The summed E-state index contributed by atoms with van der Waals surface area (Å²) in [5.74, 6) is 2.27. The second-order valence-electron chi connectivity index (χ2n) is 4.44. The average molecular weight is 260 g/mol. The summed E-state index contributed by atoms with van der Waals surface area (Å²) in [5.41, 5.74) is 5.93. The third-order valence-electron chi connectivity index (χ3n) is 3.08. The summed E-state index contributed by atoms with van der Waals surface area (Å²) in [5, 5.41) is 0. The van der Waals surface area contributed by atoms with E-state index in [0.717, 1.165) is 30.8 Å². The van der Waals surface area contributed by atoms with Gasteiger partial charge >= 0.3 is 0 Å². The molecule has 1 aliphatic rings. The van der Waals surface area contributed by atoms with E-state index in [0.29, 0.717) is 19.2 Å². The molecule has 17 heavy (non-hydrogen) atoms. The quantitative estimate of drug-likeness (QED) is 0.744. The number of hydrogen-bond acceptors (Lipinski definition) is 4. The molecule has 1 aliphatic heterocycles. The molecule has 1 fully saturated rings. The van der Waals surface area contributed by atoms with Crippen molar-refractivity contribution in [3.63, 3.8) is 0 Å². The third kappa shape index (κ3) is 4.48. The maximum absolute atomic E-state index is 12.3. The summed E-state index contributed by atoms with van der Waals surface area (Å²) in [6.07, 6.45) is 2.80. The molecule has 100 valence electrons. The van der Waals surface area contributed by atoms with Crippen molar-refractivity contribution in [1.29, 1.82) is 0 Å². The van der Waals surface area contributed by atoms with E-state index < -0.39 is 0 Å². The van der Waals surface area contributed by atoms with E-state index >= 15 is 0 Å². The largest absolute Gasteiger partial charge is 0.383 e. The van der Waals surface area contributed by atoms with Gasteiger partial charge in [-0.05, 0) is 18.6 Å². The molecule has 1 unspecified atom stereocenters. The lowest BCUT2D eigenvalue weighted by Crippen LogP contribution is -2.50. The molecular weight excluding hydrogens is 236 g/mol. The van der Waals surface area contributed by atoms with Crippen LogP contribution in [-0.4, -0.2) is 54.7 Å². The number of thioether (sulfide) groups is 1. The standard InChI is InChI=1S/C12H24N2O2S/c1-3-4-11(13)12(15)14(6-7-16-2)10-5-8-17-9-10/h10-11H,3-9,13H2,1-2H3/t10?,11-/m0/s1. The number of nitrogens with two attached hydrogens (primary N) is 1. The Morgan fingerprint density at radius 2 is 2.41 bits per heavy atom. The Morgan fingerprint density at radius 1 is 1.65 bits per heavy atom. The second-order valence-corrected chi connectivity index (χ2v) is 5.59. The lowest BCUT2D eigenvalue weighted by Gasteiger charge is -2.30. The first-order valence-electron chi connectivity index (χ1n) is 6.33. The molecule has 2 N–H and O–H groups in total. The summed E-state index contributed by atoms with van der Waals surface area (Å²) < 4.78 is 5.08. The monoisotopic (exact) mass is 260 g/mol. The highest BCUT2D eigenvalue weighted by Gasteiger charge is 2.29. The van der Waals surface area contributed by atoms with Gasteiger partial charge in [0.05, 0.1) is 12.6 Å². The summed E-state index contributed by atoms with van der Waals surface area (Å²) in [6, 6.07) is 0.00742. The number of methoxy groups -OCH3 is 1. The summed E-state index contributed by atoms with van der Waals surface area (Å²) >= 11 is 1.91. The Bertz CT molecular complexity index is 233. The van der Waals surface area contributed by atoms with Crippen molar-refractivity contribution in [1.82, 2.24) is 4.90 Å². The minimum Gasteiger partial charge on any atom is -0.383 e. The smallest absolute Gasteiger partial charge is 0.239 e. The van der Waals surface area contributed by atoms with Crippen LogP contribution < -0.4 is 5.73 Å². The number of ether oxygens (including phenoxy) is 1. The summed E-state index contributed by atoms with van der Waals surface area (Å²) in [7, 11) is 1.66. The molecule has 2 atom stereocenters. The minimum atomic E-state index is -0.345. The van der Waals surface area contributed by atoms with E-state index in [1.165, 1.54) is 0 Å². The van der Waals surface area contributed by atoms with Gasteiger partial charge in [-0.15, -0.1) is 0 Å². The predicted molar refractivity (Wildman–Crippen MR) is 72.2 cm³/mol. The van der Waals surface area contributed by atoms with Crippen molar-refractivity contribution in [2.24, 2.45) is 5.73 Å². The lowest BCUT2D eigenvalue weighted by molar-refractivity contribution is -0.135. The molecule has 1 amide bonds. The van der Waals surface area contributed by atoms with E-state index in [1.54, 1.807) is 7.11 Å². The van der Waals surface area contributed by atoms with Gasteiger partial charge in [-0.25, -0.2) is 0 Å². The van der Waals surface area contributed by atoms with Gasteiger partial charge in [0.25, 0.3) is 0 Å². The first kappa shape index (κ1) is 14.8. The Morgan fingerprint density at radius 3 is 2.94 bits per heavy atom. The maximum atomic E-state index is 12.3. The first-order chi connectivity index (χ1) is 8.20.